The summed E-state index contributed by atoms with van der Waals surface area (Å²) in [6, 6.07) is 13.2. The monoisotopic (exact) mass is 382 g/mol. The molecule has 0 aliphatic heterocycles. The summed E-state index contributed by atoms with van der Waals surface area (Å²) >= 11 is 5.93. The zero-order valence-electron chi connectivity index (χ0n) is 15.3. The Hall–Kier alpha value is -2.86. The quantitative estimate of drug-likeness (QED) is 0.489. The second-order valence-corrected chi connectivity index (χ2v) is 7.53. The number of H-pyrrole nitrogens is 1. The number of nitrogens with zero attached hydrogens (tertiary/aromatic N) is 3. The maximum absolute atomic E-state index is 13.0. The standard InChI is InChI=1S/C20H19ClN4O2/c1-20(2,3)27-19(26)25-15-10-5-4-8-13(15)23-18(25)12-7-6-9-14-17(12)24-16(11-21)22-14/h4-10H,11H2,1-3H3,(H,22,24). The largest absolute Gasteiger partial charge is 0.443 e. The Morgan fingerprint density at radius 1 is 1.15 bits per heavy atom. The molecular formula is C20H19ClN4O2. The first-order valence-corrected chi connectivity index (χ1v) is 9.15. The van der Waals surface area contributed by atoms with Gasteiger partial charge in [0.05, 0.1) is 27.9 Å². The van der Waals surface area contributed by atoms with Gasteiger partial charge in [0.2, 0.25) is 0 Å². The molecular weight excluding hydrogens is 364 g/mol. The normalized spacial score (nSPS) is 12.0. The number of hydrogen-bond acceptors (Lipinski definition) is 4. The van der Waals surface area contributed by atoms with Gasteiger partial charge in [-0.3, -0.25) is 0 Å². The van der Waals surface area contributed by atoms with Gasteiger partial charge in [0, 0.05) is 5.56 Å². The number of hydrogen-bond donors (Lipinski definition) is 1. The van der Waals surface area contributed by atoms with Gasteiger partial charge in [-0.05, 0) is 45.0 Å². The van der Waals surface area contributed by atoms with Crippen LogP contribution >= 0.6 is 11.6 Å². The van der Waals surface area contributed by atoms with Crippen LogP contribution in [0.25, 0.3) is 33.5 Å². The van der Waals surface area contributed by atoms with Crippen LogP contribution in [-0.2, 0) is 10.6 Å². The van der Waals surface area contributed by atoms with Crippen LogP contribution in [0.2, 0.25) is 0 Å². The first-order chi connectivity index (χ1) is 12.9. The lowest BCUT2D eigenvalue weighted by molar-refractivity contribution is 0.0546. The average molecular weight is 383 g/mol. The number of rotatable bonds is 2. The molecule has 0 amide bonds. The number of aromatic nitrogens is 4. The molecule has 0 unspecified atom stereocenters. The molecule has 0 radical (unpaired) electrons. The van der Waals surface area contributed by atoms with Crippen LogP contribution in [0.3, 0.4) is 0 Å². The highest BCUT2D eigenvalue weighted by molar-refractivity contribution is 6.16. The topological polar surface area (TPSA) is 72.8 Å². The number of para-hydroxylation sites is 3. The minimum absolute atomic E-state index is 0.274. The first-order valence-electron chi connectivity index (χ1n) is 8.62. The maximum atomic E-state index is 13.0. The van der Waals surface area contributed by atoms with Gasteiger partial charge in [-0.2, -0.15) is 0 Å². The zero-order valence-corrected chi connectivity index (χ0v) is 16.0. The van der Waals surface area contributed by atoms with Crippen molar-refractivity contribution in [1.82, 2.24) is 19.5 Å². The summed E-state index contributed by atoms with van der Waals surface area (Å²) in [7, 11) is 0. The van der Waals surface area contributed by atoms with Gasteiger partial charge in [-0.15, -0.1) is 11.6 Å². The Bertz CT molecular complexity index is 1150. The van der Waals surface area contributed by atoms with Crippen molar-refractivity contribution in [1.29, 1.82) is 0 Å². The summed E-state index contributed by atoms with van der Waals surface area (Å²) in [6.45, 7) is 5.51. The second kappa shape index (κ2) is 6.39. The summed E-state index contributed by atoms with van der Waals surface area (Å²) < 4.78 is 7.13. The summed E-state index contributed by atoms with van der Waals surface area (Å²) in [5.74, 6) is 1.43. The van der Waals surface area contributed by atoms with E-state index in [1.165, 1.54) is 4.57 Å². The molecule has 0 spiro atoms. The maximum Gasteiger partial charge on any atom is 0.420 e. The number of alkyl halides is 1. The van der Waals surface area contributed by atoms with E-state index in [0.29, 0.717) is 28.2 Å². The van der Waals surface area contributed by atoms with Gasteiger partial charge in [0.1, 0.15) is 11.4 Å². The molecule has 138 valence electrons. The molecule has 0 fully saturated rings. The highest BCUT2D eigenvalue weighted by Crippen LogP contribution is 2.30. The van der Waals surface area contributed by atoms with Crippen molar-refractivity contribution in [2.24, 2.45) is 0 Å². The number of aromatic amines is 1. The Morgan fingerprint density at radius 2 is 1.93 bits per heavy atom. The van der Waals surface area contributed by atoms with Crippen molar-refractivity contribution in [2.75, 3.05) is 0 Å². The molecule has 2 aromatic carbocycles. The van der Waals surface area contributed by atoms with Crippen molar-refractivity contribution in [2.45, 2.75) is 32.3 Å². The molecule has 4 rings (SSSR count). The number of ether oxygens (including phenoxy) is 1. The van der Waals surface area contributed by atoms with Crippen LogP contribution in [0, 0.1) is 0 Å². The SMILES string of the molecule is CC(C)(C)OC(=O)n1c(-c2cccc3[nH]c(CCl)nc23)nc2ccccc21. The van der Waals surface area contributed by atoms with E-state index < -0.39 is 11.7 Å². The fourth-order valence-corrected chi connectivity index (χ4v) is 3.15. The highest BCUT2D eigenvalue weighted by Gasteiger charge is 2.25. The lowest BCUT2D eigenvalue weighted by atomic mass is 10.1. The van der Waals surface area contributed by atoms with Crippen molar-refractivity contribution in [3.05, 3.63) is 48.3 Å². The van der Waals surface area contributed by atoms with Gasteiger partial charge in [0.25, 0.3) is 0 Å². The average Bonchev–Trinajstić information content (AvgIpc) is 3.20. The minimum Gasteiger partial charge on any atom is -0.443 e. The van der Waals surface area contributed by atoms with E-state index in [1.54, 1.807) is 0 Å². The van der Waals surface area contributed by atoms with Crippen LogP contribution in [0.4, 0.5) is 4.79 Å². The molecule has 1 N–H and O–H groups in total. The van der Waals surface area contributed by atoms with Crippen LogP contribution < -0.4 is 0 Å². The van der Waals surface area contributed by atoms with E-state index >= 15 is 0 Å². The number of halogens is 1. The first kappa shape index (κ1) is 17.5. The van der Waals surface area contributed by atoms with Crippen molar-refractivity contribution >= 4 is 39.8 Å². The third-order valence-corrected chi connectivity index (χ3v) is 4.32. The zero-order chi connectivity index (χ0) is 19.2. The molecule has 4 aromatic rings. The molecule has 7 heteroatoms. The van der Waals surface area contributed by atoms with E-state index in [4.69, 9.17) is 21.3 Å². The highest BCUT2D eigenvalue weighted by atomic mass is 35.5. The third kappa shape index (κ3) is 3.17. The van der Waals surface area contributed by atoms with E-state index in [-0.39, 0.29) is 5.88 Å². The Labute approximate surface area is 161 Å². The van der Waals surface area contributed by atoms with Crippen LogP contribution in [0.5, 0.6) is 0 Å². The summed E-state index contributed by atoms with van der Waals surface area (Å²) in [5.41, 5.74) is 3.07. The molecule has 2 heterocycles. The summed E-state index contributed by atoms with van der Waals surface area (Å²) in [6.07, 6.45) is -0.476. The number of carbonyl (C=O) groups excluding carboxylic acids is 1. The lowest BCUT2D eigenvalue weighted by Crippen LogP contribution is -2.27. The van der Waals surface area contributed by atoms with Gasteiger partial charge < -0.3 is 9.72 Å². The molecule has 0 saturated carbocycles. The van der Waals surface area contributed by atoms with Crippen LogP contribution in [0.1, 0.15) is 26.6 Å². The van der Waals surface area contributed by atoms with E-state index in [9.17, 15) is 4.79 Å². The summed E-state index contributed by atoms with van der Waals surface area (Å²) in [5, 5.41) is 0. The molecule has 0 aliphatic carbocycles. The fraction of sp³-hybridized carbons (Fsp3) is 0.250. The Morgan fingerprint density at radius 3 is 2.67 bits per heavy atom. The summed E-state index contributed by atoms with van der Waals surface area (Å²) in [4.78, 5) is 25.4. The van der Waals surface area contributed by atoms with Crippen molar-refractivity contribution in [3.63, 3.8) is 0 Å². The van der Waals surface area contributed by atoms with Gasteiger partial charge in [-0.25, -0.2) is 19.3 Å². The fourth-order valence-electron chi connectivity index (χ4n) is 3.03. The van der Waals surface area contributed by atoms with Crippen molar-refractivity contribution < 1.29 is 9.53 Å². The molecule has 2 aromatic heterocycles. The number of imidazole rings is 2. The van der Waals surface area contributed by atoms with Gasteiger partial charge in [0.15, 0.2) is 5.82 Å². The lowest BCUT2D eigenvalue weighted by Gasteiger charge is -2.20. The number of benzene rings is 2. The van der Waals surface area contributed by atoms with E-state index in [0.717, 1.165) is 11.1 Å². The molecule has 0 bridgehead atoms. The van der Waals surface area contributed by atoms with Gasteiger partial charge >= 0.3 is 6.09 Å². The molecule has 0 atom stereocenters. The second-order valence-electron chi connectivity index (χ2n) is 7.26. The number of fused-ring (bicyclic) bond motifs is 2. The minimum atomic E-state index is -0.621. The Kier molecular flexibility index (Phi) is 4.15. The van der Waals surface area contributed by atoms with Crippen LogP contribution in [0.15, 0.2) is 42.5 Å². The third-order valence-electron chi connectivity index (χ3n) is 4.07. The number of carbonyl (C=O) groups is 1. The predicted molar refractivity (Wildman–Crippen MR) is 106 cm³/mol. The van der Waals surface area contributed by atoms with E-state index in [1.807, 2.05) is 63.2 Å². The predicted octanol–water partition coefficient (Wildman–Crippen LogP) is 5.10. The van der Waals surface area contributed by atoms with E-state index in [2.05, 4.69) is 9.97 Å². The van der Waals surface area contributed by atoms with Gasteiger partial charge in [-0.1, -0.05) is 18.2 Å². The van der Waals surface area contributed by atoms with Crippen molar-refractivity contribution in [3.8, 4) is 11.4 Å². The Balaban J connectivity index is 1.98. The molecule has 27 heavy (non-hydrogen) atoms. The number of nitrogens with one attached hydrogen (secondary N) is 1. The molecule has 0 aliphatic rings. The van der Waals surface area contributed by atoms with Crippen LogP contribution in [-0.4, -0.2) is 31.2 Å². The molecule has 6 nitrogen and oxygen atoms in total. The molecule has 0 saturated heterocycles. The smallest absolute Gasteiger partial charge is 0.420 e.